The Kier molecular flexibility index (Phi) is 9.46. The summed E-state index contributed by atoms with van der Waals surface area (Å²) < 4.78 is 0. The maximum Gasteiger partial charge on any atom is -0.0116 e. The van der Waals surface area contributed by atoms with Gasteiger partial charge in [0.15, 0.2) is 0 Å². The average Bonchev–Trinajstić information content (AvgIpc) is 2.28. The summed E-state index contributed by atoms with van der Waals surface area (Å²) in [4.78, 5) is 0. The molecule has 15 heavy (non-hydrogen) atoms. The van der Waals surface area contributed by atoms with Gasteiger partial charge in [-0.1, -0.05) is 57.4 Å². The molecule has 0 fully saturated rings. The highest BCUT2D eigenvalue weighted by molar-refractivity contribution is 7.75. The fourth-order valence-corrected chi connectivity index (χ4v) is 9.83. The Hall–Kier alpha value is 0.860. The minimum Gasteiger partial charge on any atom is -0.0997 e. The Labute approximate surface area is 100 Å². The molecule has 4 unspecified atom stereocenters. The zero-order valence-corrected chi connectivity index (χ0v) is 13.4. The van der Waals surface area contributed by atoms with Crippen molar-refractivity contribution in [2.45, 2.75) is 65.7 Å². The van der Waals surface area contributed by atoms with E-state index in [0.717, 1.165) is 11.3 Å². The second-order valence-electron chi connectivity index (χ2n) is 4.47. The second kappa shape index (κ2) is 8.95. The Balaban J connectivity index is 4.23. The predicted octanol–water partition coefficient (Wildman–Crippen LogP) is 5.54. The van der Waals surface area contributed by atoms with E-state index in [0.29, 0.717) is 15.8 Å². The van der Waals surface area contributed by atoms with Crippen molar-refractivity contribution in [3.8, 4) is 0 Å². The third kappa shape index (κ3) is 5.65. The van der Waals surface area contributed by atoms with Gasteiger partial charge in [-0.3, -0.25) is 0 Å². The minimum atomic E-state index is 0.326. The summed E-state index contributed by atoms with van der Waals surface area (Å²) >= 11 is 0. The SMILES string of the molecule is CCC(C)P(CC)CP(CC)C(C)CC. The molecule has 0 aromatic carbocycles. The first-order chi connectivity index (χ1) is 7.10. The normalized spacial score (nSPS) is 19.6. The third-order valence-electron chi connectivity index (χ3n) is 3.60. The van der Waals surface area contributed by atoms with Gasteiger partial charge in [-0.25, -0.2) is 0 Å². The van der Waals surface area contributed by atoms with E-state index in [1.54, 1.807) is 5.90 Å². The first-order valence-corrected chi connectivity index (χ1v) is 10.1. The summed E-state index contributed by atoms with van der Waals surface area (Å²) in [6.45, 7) is 14.4. The van der Waals surface area contributed by atoms with Crippen LogP contribution in [0.4, 0.5) is 0 Å². The molecule has 0 aliphatic rings. The number of hydrogen-bond acceptors (Lipinski definition) is 0. The molecule has 0 aliphatic heterocycles. The van der Waals surface area contributed by atoms with Crippen LogP contribution < -0.4 is 0 Å². The van der Waals surface area contributed by atoms with Crippen molar-refractivity contribution < 1.29 is 0 Å². The summed E-state index contributed by atoms with van der Waals surface area (Å²) in [5.74, 6) is 1.58. The van der Waals surface area contributed by atoms with Gasteiger partial charge >= 0.3 is 0 Å². The average molecular weight is 248 g/mol. The van der Waals surface area contributed by atoms with Crippen molar-refractivity contribution in [3.05, 3.63) is 0 Å². The largest absolute Gasteiger partial charge is 0.0997 e. The van der Waals surface area contributed by atoms with Crippen LogP contribution in [0.15, 0.2) is 0 Å². The van der Waals surface area contributed by atoms with E-state index < -0.39 is 0 Å². The molecule has 0 nitrogen and oxygen atoms in total. The molecule has 0 N–H and O–H groups in total. The molecule has 0 saturated heterocycles. The van der Waals surface area contributed by atoms with Crippen molar-refractivity contribution >= 4 is 15.8 Å². The topological polar surface area (TPSA) is 0 Å². The van der Waals surface area contributed by atoms with Gasteiger partial charge in [-0.15, -0.1) is 0 Å². The lowest BCUT2D eigenvalue weighted by Gasteiger charge is -2.30. The van der Waals surface area contributed by atoms with Crippen LogP contribution in [0.1, 0.15) is 54.4 Å². The molecule has 0 aromatic heterocycles. The highest BCUT2D eigenvalue weighted by atomic mass is 31.2. The zero-order valence-electron chi connectivity index (χ0n) is 11.6. The summed E-state index contributed by atoms with van der Waals surface area (Å²) in [6, 6.07) is 0. The van der Waals surface area contributed by atoms with Gasteiger partial charge in [-0.05, 0) is 42.4 Å². The van der Waals surface area contributed by atoms with Crippen molar-refractivity contribution in [3.63, 3.8) is 0 Å². The van der Waals surface area contributed by atoms with Crippen LogP contribution in [0.3, 0.4) is 0 Å². The van der Waals surface area contributed by atoms with Crippen molar-refractivity contribution in [1.82, 2.24) is 0 Å². The van der Waals surface area contributed by atoms with Crippen LogP contribution in [0, 0.1) is 0 Å². The predicted molar refractivity (Wildman–Crippen MR) is 79.3 cm³/mol. The summed E-state index contributed by atoms with van der Waals surface area (Å²) in [6.07, 6.45) is 5.65. The Morgan fingerprint density at radius 2 is 1.07 bits per heavy atom. The van der Waals surface area contributed by atoms with Crippen molar-refractivity contribution in [1.29, 1.82) is 0 Å². The van der Waals surface area contributed by atoms with Gasteiger partial charge in [0.2, 0.25) is 0 Å². The standard InChI is InChI=1S/C13H30P2/c1-7-12(5)14(9-3)11-15(10-4)13(6)8-2/h12-13H,7-11H2,1-6H3. The highest BCUT2D eigenvalue weighted by Gasteiger charge is 2.20. The first kappa shape index (κ1) is 15.9. The van der Waals surface area contributed by atoms with E-state index >= 15 is 0 Å². The molecule has 0 spiro atoms. The fourth-order valence-electron chi connectivity index (χ4n) is 1.85. The van der Waals surface area contributed by atoms with E-state index in [9.17, 15) is 0 Å². The van der Waals surface area contributed by atoms with Crippen LogP contribution in [0.25, 0.3) is 0 Å². The van der Waals surface area contributed by atoms with Gasteiger partial charge in [0.25, 0.3) is 0 Å². The number of hydrogen-bond donors (Lipinski definition) is 0. The van der Waals surface area contributed by atoms with E-state index in [4.69, 9.17) is 0 Å². The summed E-state index contributed by atoms with van der Waals surface area (Å²) in [5.41, 5.74) is 1.98. The molecule has 0 amide bonds. The monoisotopic (exact) mass is 248 g/mol. The van der Waals surface area contributed by atoms with Gasteiger partial charge in [0.1, 0.15) is 0 Å². The van der Waals surface area contributed by atoms with E-state index in [1.165, 1.54) is 25.2 Å². The molecule has 0 rings (SSSR count). The quantitative estimate of drug-likeness (QED) is 0.494. The highest BCUT2D eigenvalue weighted by Crippen LogP contribution is 2.56. The van der Waals surface area contributed by atoms with Gasteiger partial charge in [-0.2, -0.15) is 0 Å². The summed E-state index contributed by atoms with van der Waals surface area (Å²) in [7, 11) is 0.651. The maximum absolute atomic E-state index is 2.47. The molecule has 92 valence electrons. The van der Waals surface area contributed by atoms with E-state index in [2.05, 4.69) is 41.5 Å². The van der Waals surface area contributed by atoms with E-state index in [1.807, 2.05) is 0 Å². The van der Waals surface area contributed by atoms with Crippen molar-refractivity contribution in [2.24, 2.45) is 0 Å². The van der Waals surface area contributed by atoms with Crippen LogP contribution in [-0.4, -0.2) is 29.5 Å². The second-order valence-corrected chi connectivity index (χ2v) is 11.0. The van der Waals surface area contributed by atoms with Crippen LogP contribution >= 0.6 is 15.8 Å². The van der Waals surface area contributed by atoms with Crippen LogP contribution in [0.5, 0.6) is 0 Å². The lowest BCUT2D eigenvalue weighted by Crippen LogP contribution is -2.08. The van der Waals surface area contributed by atoms with Gasteiger partial charge < -0.3 is 0 Å². The number of rotatable bonds is 8. The van der Waals surface area contributed by atoms with Gasteiger partial charge in [0, 0.05) is 0 Å². The molecule has 0 heterocycles. The zero-order chi connectivity index (χ0) is 11.8. The Bertz CT molecular complexity index is 131. The van der Waals surface area contributed by atoms with Crippen LogP contribution in [0.2, 0.25) is 0 Å². The Morgan fingerprint density at radius 3 is 1.27 bits per heavy atom. The molecule has 0 radical (unpaired) electrons. The Morgan fingerprint density at radius 1 is 0.733 bits per heavy atom. The molecular weight excluding hydrogens is 218 g/mol. The molecule has 2 heteroatoms. The minimum absolute atomic E-state index is 0.326. The third-order valence-corrected chi connectivity index (χ3v) is 11.4. The lowest BCUT2D eigenvalue weighted by atomic mass is 10.4. The van der Waals surface area contributed by atoms with Gasteiger partial charge in [0.05, 0.1) is 0 Å². The summed E-state index contributed by atoms with van der Waals surface area (Å²) in [5, 5.41) is 0. The fraction of sp³-hybridized carbons (Fsp3) is 1.00. The molecule has 0 aliphatic carbocycles. The molecule has 0 aromatic rings. The molecular formula is C13H30P2. The molecule has 4 atom stereocenters. The maximum atomic E-state index is 2.47. The smallest absolute Gasteiger partial charge is 0.0116 e. The van der Waals surface area contributed by atoms with Crippen LogP contribution in [-0.2, 0) is 0 Å². The first-order valence-electron chi connectivity index (χ1n) is 6.58. The molecule has 0 saturated carbocycles. The van der Waals surface area contributed by atoms with E-state index in [-0.39, 0.29) is 0 Å². The molecule has 0 bridgehead atoms. The van der Waals surface area contributed by atoms with Crippen molar-refractivity contribution in [2.75, 3.05) is 18.2 Å². The lowest BCUT2D eigenvalue weighted by molar-refractivity contribution is 0.882.